The summed E-state index contributed by atoms with van der Waals surface area (Å²) < 4.78 is 33.2. The van der Waals surface area contributed by atoms with Crippen LogP contribution < -0.4 is 11.2 Å². The van der Waals surface area contributed by atoms with E-state index in [-0.39, 0.29) is 34.2 Å². The normalized spacial score (nSPS) is 11.2. The highest BCUT2D eigenvalue weighted by Gasteiger charge is 2.15. The predicted octanol–water partition coefficient (Wildman–Crippen LogP) is 4.39. The number of aromatic nitrogens is 4. The van der Waals surface area contributed by atoms with Crippen LogP contribution in [0.2, 0.25) is 5.02 Å². The largest absolute Gasteiger partial charge is 0.334 e. The molecule has 0 saturated heterocycles. The molecule has 164 valence electrons. The van der Waals surface area contributed by atoms with Gasteiger partial charge in [0.2, 0.25) is 5.82 Å². The molecule has 0 unspecified atom stereocenters. The molecule has 3 aromatic carbocycles. The van der Waals surface area contributed by atoms with Gasteiger partial charge in [-0.1, -0.05) is 28.9 Å². The lowest BCUT2D eigenvalue weighted by atomic mass is 10.1. The molecule has 7 nitrogen and oxygen atoms in total. The van der Waals surface area contributed by atoms with E-state index in [1.165, 1.54) is 42.5 Å². The maximum atomic E-state index is 13.7. The number of nitrogens with zero attached hydrogens (tertiary/aromatic N) is 3. The van der Waals surface area contributed by atoms with Crippen LogP contribution in [0.4, 0.5) is 8.78 Å². The third-order valence-corrected chi connectivity index (χ3v) is 5.39. The molecule has 0 aliphatic carbocycles. The lowest BCUT2D eigenvalue weighted by Gasteiger charge is -2.07. The first-order valence-corrected chi connectivity index (χ1v) is 10.1. The number of rotatable bonds is 4. The van der Waals surface area contributed by atoms with E-state index in [0.717, 1.165) is 4.57 Å². The fourth-order valence-corrected chi connectivity index (χ4v) is 3.51. The molecule has 0 bridgehead atoms. The van der Waals surface area contributed by atoms with Crippen LogP contribution in [0, 0.1) is 11.6 Å². The summed E-state index contributed by atoms with van der Waals surface area (Å²) in [6.45, 7) is -0.00317. The molecule has 1 N–H and O–H groups in total. The van der Waals surface area contributed by atoms with E-state index in [2.05, 4.69) is 15.1 Å². The van der Waals surface area contributed by atoms with E-state index in [0.29, 0.717) is 16.7 Å². The summed E-state index contributed by atoms with van der Waals surface area (Å²) in [4.78, 5) is 32.4. The SMILES string of the molecule is O=c1[nH]c2cc(-c3nc(-c4ccc(Cl)c(F)c4)no3)ccc2c(=O)n1Cc1ccc(F)cc1. The van der Waals surface area contributed by atoms with Crippen LogP contribution in [0.1, 0.15) is 5.56 Å². The quantitative estimate of drug-likeness (QED) is 0.424. The minimum atomic E-state index is -0.614. The van der Waals surface area contributed by atoms with E-state index in [1.54, 1.807) is 18.2 Å². The smallest absolute Gasteiger partial charge is 0.329 e. The van der Waals surface area contributed by atoms with Crippen molar-refractivity contribution in [3.63, 3.8) is 0 Å². The first kappa shape index (κ1) is 20.8. The van der Waals surface area contributed by atoms with Crippen LogP contribution >= 0.6 is 11.6 Å². The number of benzene rings is 3. The monoisotopic (exact) mass is 466 g/mol. The summed E-state index contributed by atoms with van der Waals surface area (Å²) in [5.74, 6) is -0.736. The highest BCUT2D eigenvalue weighted by molar-refractivity contribution is 6.30. The number of hydrogen-bond donors (Lipinski definition) is 1. The molecule has 2 heterocycles. The number of halogens is 3. The zero-order valence-electron chi connectivity index (χ0n) is 16.7. The molecule has 0 fully saturated rings. The standard InChI is InChI=1S/C23H13ClF2N4O3/c24-17-8-4-13(9-18(17)26)20-28-21(33-29-20)14-3-7-16-19(10-14)27-23(32)30(22(16)31)11-12-1-5-15(25)6-2-12/h1-10H,11H2,(H,27,32). The minimum Gasteiger partial charge on any atom is -0.334 e. The van der Waals surface area contributed by atoms with Gasteiger partial charge in [-0.25, -0.2) is 13.6 Å². The number of H-pyrrole nitrogens is 1. The maximum Gasteiger partial charge on any atom is 0.329 e. The van der Waals surface area contributed by atoms with Gasteiger partial charge < -0.3 is 9.51 Å². The first-order valence-electron chi connectivity index (χ1n) is 9.70. The molecule has 33 heavy (non-hydrogen) atoms. The van der Waals surface area contributed by atoms with Crippen molar-refractivity contribution >= 4 is 22.5 Å². The van der Waals surface area contributed by atoms with Crippen molar-refractivity contribution in [2.24, 2.45) is 0 Å². The van der Waals surface area contributed by atoms with Gasteiger partial charge in [0.25, 0.3) is 11.4 Å². The zero-order chi connectivity index (χ0) is 23.1. The Balaban J connectivity index is 1.51. The van der Waals surface area contributed by atoms with Crippen molar-refractivity contribution in [1.82, 2.24) is 19.7 Å². The Morgan fingerprint density at radius 2 is 1.73 bits per heavy atom. The first-order chi connectivity index (χ1) is 15.9. The average molecular weight is 467 g/mol. The van der Waals surface area contributed by atoms with Crippen LogP contribution in [0.3, 0.4) is 0 Å². The second-order valence-corrected chi connectivity index (χ2v) is 7.67. The Labute approximate surface area is 188 Å². The van der Waals surface area contributed by atoms with Crippen LogP contribution in [0.15, 0.2) is 74.8 Å². The third-order valence-electron chi connectivity index (χ3n) is 5.09. The van der Waals surface area contributed by atoms with E-state index < -0.39 is 22.9 Å². The average Bonchev–Trinajstić information content (AvgIpc) is 3.30. The van der Waals surface area contributed by atoms with Crippen molar-refractivity contribution in [3.05, 3.63) is 104 Å². The van der Waals surface area contributed by atoms with E-state index in [9.17, 15) is 18.4 Å². The second-order valence-electron chi connectivity index (χ2n) is 7.26. The lowest BCUT2D eigenvalue weighted by Crippen LogP contribution is -2.35. The fourth-order valence-electron chi connectivity index (χ4n) is 3.40. The van der Waals surface area contributed by atoms with Crippen LogP contribution in [-0.2, 0) is 6.54 Å². The van der Waals surface area contributed by atoms with Gasteiger partial charge in [-0.15, -0.1) is 0 Å². The number of hydrogen-bond acceptors (Lipinski definition) is 5. The van der Waals surface area contributed by atoms with Crippen LogP contribution in [0.25, 0.3) is 33.7 Å². The minimum absolute atomic E-state index is 0.00317. The molecule has 0 aliphatic heterocycles. The molecule has 2 aromatic heterocycles. The van der Waals surface area contributed by atoms with Crippen molar-refractivity contribution in [3.8, 4) is 22.8 Å². The van der Waals surface area contributed by atoms with Crippen LogP contribution in [-0.4, -0.2) is 19.7 Å². The second kappa shape index (κ2) is 8.10. The Hall–Kier alpha value is -4.11. The van der Waals surface area contributed by atoms with Gasteiger partial charge in [0, 0.05) is 11.1 Å². The van der Waals surface area contributed by atoms with Gasteiger partial charge in [0.1, 0.15) is 11.6 Å². The molecule has 5 aromatic rings. The van der Waals surface area contributed by atoms with Gasteiger partial charge in [0.05, 0.1) is 22.5 Å². The van der Waals surface area contributed by atoms with Gasteiger partial charge in [-0.05, 0) is 54.1 Å². The highest BCUT2D eigenvalue weighted by atomic mass is 35.5. The summed E-state index contributed by atoms with van der Waals surface area (Å²) in [6.07, 6.45) is 0. The molecule has 0 saturated carbocycles. The van der Waals surface area contributed by atoms with Gasteiger partial charge >= 0.3 is 5.69 Å². The summed E-state index contributed by atoms with van der Waals surface area (Å²) in [7, 11) is 0. The molecular formula is C23H13ClF2N4O3. The van der Waals surface area contributed by atoms with Crippen molar-refractivity contribution in [1.29, 1.82) is 0 Å². The van der Waals surface area contributed by atoms with Crippen LogP contribution in [0.5, 0.6) is 0 Å². The van der Waals surface area contributed by atoms with E-state index in [4.69, 9.17) is 16.1 Å². The third kappa shape index (κ3) is 3.94. The molecule has 0 amide bonds. The fraction of sp³-hybridized carbons (Fsp3) is 0.0435. The van der Waals surface area contributed by atoms with Gasteiger partial charge in [-0.2, -0.15) is 4.98 Å². The van der Waals surface area contributed by atoms with Gasteiger partial charge in [-0.3, -0.25) is 9.36 Å². The summed E-state index contributed by atoms with van der Waals surface area (Å²) >= 11 is 5.70. The molecule has 5 rings (SSSR count). The van der Waals surface area contributed by atoms with Gasteiger partial charge in [0.15, 0.2) is 0 Å². The number of nitrogens with one attached hydrogen (secondary N) is 1. The lowest BCUT2D eigenvalue weighted by molar-refractivity contribution is 0.432. The molecule has 0 spiro atoms. The summed E-state index contributed by atoms with van der Waals surface area (Å²) in [6, 6.07) is 14.4. The van der Waals surface area contributed by atoms with E-state index >= 15 is 0 Å². The molecule has 0 aliphatic rings. The zero-order valence-corrected chi connectivity index (χ0v) is 17.4. The molecule has 10 heteroatoms. The molecule has 0 radical (unpaired) electrons. The maximum absolute atomic E-state index is 13.7. The Kier molecular flexibility index (Phi) is 5.10. The predicted molar refractivity (Wildman–Crippen MR) is 118 cm³/mol. The highest BCUT2D eigenvalue weighted by Crippen LogP contribution is 2.26. The molecular weight excluding hydrogens is 454 g/mol. The summed E-state index contributed by atoms with van der Waals surface area (Å²) in [5, 5.41) is 4.11. The topological polar surface area (TPSA) is 93.8 Å². The summed E-state index contributed by atoms with van der Waals surface area (Å²) in [5.41, 5.74) is 0.628. The Bertz CT molecular complexity index is 1620. The van der Waals surface area contributed by atoms with Crippen molar-refractivity contribution in [2.75, 3.05) is 0 Å². The number of aromatic amines is 1. The Morgan fingerprint density at radius 1 is 0.970 bits per heavy atom. The molecule has 0 atom stereocenters. The Morgan fingerprint density at radius 3 is 2.48 bits per heavy atom. The number of fused-ring (bicyclic) bond motifs is 1. The van der Waals surface area contributed by atoms with E-state index in [1.807, 2.05) is 0 Å². The van der Waals surface area contributed by atoms with Crippen molar-refractivity contribution < 1.29 is 13.3 Å². The van der Waals surface area contributed by atoms with Crippen molar-refractivity contribution in [2.45, 2.75) is 6.54 Å².